The molecule has 2 heterocycles. The first-order valence-electron chi connectivity index (χ1n) is 8.18. The molecule has 130 valence electrons. The number of sulfonamides is 1. The first kappa shape index (κ1) is 17.5. The van der Waals surface area contributed by atoms with Crippen LogP contribution in [0.1, 0.15) is 44.5 Å². The Morgan fingerprint density at radius 2 is 2.04 bits per heavy atom. The molecule has 1 aliphatic rings. The summed E-state index contributed by atoms with van der Waals surface area (Å²) in [7, 11) is -3.59. The van der Waals surface area contributed by atoms with Crippen molar-refractivity contribution < 1.29 is 8.42 Å². The van der Waals surface area contributed by atoms with Crippen molar-refractivity contribution >= 4 is 21.6 Å². The molecular formula is C17H22ClN3O2S. The molecule has 0 N–H and O–H groups in total. The van der Waals surface area contributed by atoms with Gasteiger partial charge in [0.2, 0.25) is 10.0 Å². The number of rotatable bonds is 4. The summed E-state index contributed by atoms with van der Waals surface area (Å²) in [5.74, 6) is 1.07. The molecule has 0 amide bonds. The van der Waals surface area contributed by atoms with Gasteiger partial charge in [-0.05, 0) is 38.8 Å². The van der Waals surface area contributed by atoms with Gasteiger partial charge >= 0.3 is 0 Å². The zero-order valence-electron chi connectivity index (χ0n) is 13.9. The highest BCUT2D eigenvalue weighted by Gasteiger charge is 2.33. The van der Waals surface area contributed by atoms with Gasteiger partial charge < -0.3 is 4.57 Å². The van der Waals surface area contributed by atoms with Crippen LogP contribution >= 0.6 is 11.6 Å². The minimum Gasteiger partial charge on any atom is -0.332 e. The van der Waals surface area contributed by atoms with E-state index in [-0.39, 0.29) is 15.8 Å². The smallest absolute Gasteiger partial charge is 0.244 e. The molecule has 0 unspecified atom stereocenters. The lowest BCUT2D eigenvalue weighted by atomic mass is 9.98. The van der Waals surface area contributed by atoms with Crippen molar-refractivity contribution in [3.8, 4) is 0 Å². The van der Waals surface area contributed by atoms with Crippen molar-refractivity contribution in [1.29, 1.82) is 0 Å². The van der Waals surface area contributed by atoms with Gasteiger partial charge in [-0.3, -0.25) is 0 Å². The van der Waals surface area contributed by atoms with Gasteiger partial charge in [0.25, 0.3) is 0 Å². The van der Waals surface area contributed by atoms with Crippen LogP contribution < -0.4 is 0 Å². The fourth-order valence-electron chi connectivity index (χ4n) is 3.24. The third-order valence-electron chi connectivity index (χ3n) is 4.46. The maximum Gasteiger partial charge on any atom is 0.244 e. The molecule has 1 saturated heterocycles. The van der Waals surface area contributed by atoms with Crippen LogP contribution in [0, 0.1) is 0 Å². The van der Waals surface area contributed by atoms with E-state index in [4.69, 9.17) is 11.6 Å². The second-order valence-electron chi connectivity index (χ2n) is 6.42. The molecule has 3 rings (SSSR count). The highest BCUT2D eigenvalue weighted by molar-refractivity contribution is 7.89. The number of hydrogen-bond donors (Lipinski definition) is 0. The zero-order valence-corrected chi connectivity index (χ0v) is 15.5. The van der Waals surface area contributed by atoms with Gasteiger partial charge in [-0.1, -0.05) is 23.7 Å². The average Bonchev–Trinajstić information content (AvgIpc) is 3.05. The van der Waals surface area contributed by atoms with Gasteiger partial charge in [-0.2, -0.15) is 4.31 Å². The Balaban J connectivity index is 1.88. The Kier molecular flexibility index (Phi) is 4.99. The lowest BCUT2D eigenvalue weighted by Crippen LogP contribution is -2.39. The van der Waals surface area contributed by atoms with Crippen molar-refractivity contribution in [2.45, 2.75) is 43.5 Å². The minimum atomic E-state index is -3.59. The van der Waals surface area contributed by atoms with E-state index in [1.807, 2.05) is 6.20 Å². The SMILES string of the molecule is CC(C)n1ccnc1[C@@H]1CCCN(S(=O)(=O)c2ccccc2Cl)C1. The summed E-state index contributed by atoms with van der Waals surface area (Å²) >= 11 is 6.11. The highest BCUT2D eigenvalue weighted by atomic mass is 35.5. The molecule has 0 bridgehead atoms. The Bertz CT molecular complexity index is 817. The second kappa shape index (κ2) is 6.86. The summed E-state index contributed by atoms with van der Waals surface area (Å²) in [6.07, 6.45) is 5.51. The number of hydrogen-bond acceptors (Lipinski definition) is 3. The van der Waals surface area contributed by atoms with Crippen molar-refractivity contribution in [3.63, 3.8) is 0 Å². The number of piperidine rings is 1. The predicted octanol–water partition coefficient (Wildman–Crippen LogP) is 3.69. The summed E-state index contributed by atoms with van der Waals surface area (Å²) in [5, 5.41) is 0.267. The Morgan fingerprint density at radius 3 is 2.75 bits per heavy atom. The van der Waals surface area contributed by atoms with E-state index in [1.54, 1.807) is 34.8 Å². The maximum atomic E-state index is 13.0. The quantitative estimate of drug-likeness (QED) is 0.828. The van der Waals surface area contributed by atoms with Crippen molar-refractivity contribution in [2.75, 3.05) is 13.1 Å². The Hall–Kier alpha value is -1.37. The molecule has 1 atom stereocenters. The molecule has 1 fully saturated rings. The third kappa shape index (κ3) is 3.23. The van der Waals surface area contributed by atoms with Crippen LogP contribution in [-0.4, -0.2) is 35.4 Å². The highest BCUT2D eigenvalue weighted by Crippen LogP contribution is 2.32. The van der Waals surface area contributed by atoms with Crippen LogP contribution in [0.4, 0.5) is 0 Å². The summed E-state index contributed by atoms with van der Waals surface area (Å²) in [5.41, 5.74) is 0. The van der Waals surface area contributed by atoms with Gasteiger partial charge in [0.05, 0.1) is 5.02 Å². The molecule has 1 aromatic carbocycles. The number of nitrogens with zero attached hydrogens (tertiary/aromatic N) is 3. The zero-order chi connectivity index (χ0) is 17.3. The van der Waals surface area contributed by atoms with Crippen LogP contribution in [0.2, 0.25) is 5.02 Å². The van der Waals surface area contributed by atoms with Gasteiger partial charge in [0, 0.05) is 37.4 Å². The third-order valence-corrected chi connectivity index (χ3v) is 6.82. The summed E-state index contributed by atoms with van der Waals surface area (Å²) < 4.78 is 29.6. The van der Waals surface area contributed by atoms with Crippen LogP contribution in [0.15, 0.2) is 41.6 Å². The van der Waals surface area contributed by atoms with E-state index in [1.165, 1.54) is 0 Å². The molecule has 1 aliphatic heterocycles. The average molecular weight is 368 g/mol. The second-order valence-corrected chi connectivity index (χ2v) is 8.73. The first-order chi connectivity index (χ1) is 11.4. The molecule has 0 radical (unpaired) electrons. The van der Waals surface area contributed by atoms with E-state index < -0.39 is 10.0 Å². The molecular weight excluding hydrogens is 346 g/mol. The van der Waals surface area contributed by atoms with Gasteiger partial charge in [-0.15, -0.1) is 0 Å². The van der Waals surface area contributed by atoms with Crippen molar-refractivity contribution in [2.24, 2.45) is 0 Å². The number of imidazole rings is 1. The summed E-state index contributed by atoms with van der Waals surface area (Å²) in [6.45, 7) is 5.17. The van der Waals surface area contributed by atoms with Crippen LogP contribution in [0.3, 0.4) is 0 Å². The minimum absolute atomic E-state index is 0.105. The molecule has 1 aromatic heterocycles. The largest absolute Gasteiger partial charge is 0.332 e. The summed E-state index contributed by atoms with van der Waals surface area (Å²) in [6, 6.07) is 6.92. The van der Waals surface area contributed by atoms with Crippen LogP contribution in [-0.2, 0) is 10.0 Å². The van der Waals surface area contributed by atoms with E-state index in [9.17, 15) is 8.42 Å². The Morgan fingerprint density at radius 1 is 1.29 bits per heavy atom. The Labute approximate surface area is 148 Å². The van der Waals surface area contributed by atoms with Gasteiger partial charge in [-0.25, -0.2) is 13.4 Å². The predicted molar refractivity (Wildman–Crippen MR) is 94.8 cm³/mol. The molecule has 7 heteroatoms. The maximum absolute atomic E-state index is 13.0. The van der Waals surface area contributed by atoms with E-state index in [0.29, 0.717) is 19.1 Å². The fourth-order valence-corrected chi connectivity index (χ4v) is 5.26. The van der Waals surface area contributed by atoms with Crippen molar-refractivity contribution in [1.82, 2.24) is 13.9 Å². The van der Waals surface area contributed by atoms with E-state index in [2.05, 4.69) is 23.4 Å². The van der Waals surface area contributed by atoms with E-state index >= 15 is 0 Å². The molecule has 0 saturated carbocycles. The lowest BCUT2D eigenvalue weighted by molar-refractivity contribution is 0.302. The molecule has 5 nitrogen and oxygen atoms in total. The van der Waals surface area contributed by atoms with Gasteiger partial charge in [0.15, 0.2) is 0 Å². The fraction of sp³-hybridized carbons (Fsp3) is 0.471. The molecule has 0 aliphatic carbocycles. The monoisotopic (exact) mass is 367 g/mol. The number of benzene rings is 1. The first-order valence-corrected chi connectivity index (χ1v) is 10.0. The molecule has 2 aromatic rings. The number of aromatic nitrogens is 2. The number of halogens is 1. The topological polar surface area (TPSA) is 55.2 Å². The standard InChI is InChI=1S/C17H22ClN3O2S/c1-13(2)21-11-9-19-17(21)14-6-5-10-20(12-14)24(22,23)16-8-4-3-7-15(16)18/h3-4,7-9,11,13-14H,5-6,10,12H2,1-2H3/t14-/m1/s1. The molecule has 24 heavy (non-hydrogen) atoms. The molecule has 0 spiro atoms. The lowest BCUT2D eigenvalue weighted by Gasteiger charge is -2.32. The van der Waals surface area contributed by atoms with Crippen LogP contribution in [0.5, 0.6) is 0 Å². The summed E-state index contributed by atoms with van der Waals surface area (Å²) in [4.78, 5) is 4.66. The normalized spacial score (nSPS) is 19.8. The van der Waals surface area contributed by atoms with Crippen molar-refractivity contribution in [3.05, 3.63) is 47.5 Å². The van der Waals surface area contributed by atoms with Gasteiger partial charge in [0.1, 0.15) is 10.7 Å². The van der Waals surface area contributed by atoms with E-state index in [0.717, 1.165) is 18.7 Å². The van der Waals surface area contributed by atoms with Crippen LogP contribution in [0.25, 0.3) is 0 Å².